The number of rotatable bonds is 5. The third-order valence-corrected chi connectivity index (χ3v) is 3.28. The van der Waals surface area contributed by atoms with Crippen LogP contribution in [-0.2, 0) is 0 Å². The molecule has 0 aliphatic heterocycles. The molecule has 6 nitrogen and oxygen atoms in total. The van der Waals surface area contributed by atoms with E-state index >= 15 is 0 Å². The first-order valence-electron chi connectivity index (χ1n) is 7.52. The van der Waals surface area contributed by atoms with E-state index in [4.69, 9.17) is 10.5 Å². The van der Waals surface area contributed by atoms with Crippen LogP contribution in [-0.4, -0.2) is 29.5 Å². The van der Waals surface area contributed by atoms with E-state index in [0.717, 1.165) is 5.56 Å². The molecule has 1 aromatic heterocycles. The number of nitrogens with one attached hydrogen (secondary N) is 1. The van der Waals surface area contributed by atoms with Crippen LogP contribution in [0.2, 0.25) is 0 Å². The standard InChI is InChI=1S/C17H22N4O2/c1-10(2)9-23-13-8-6-5-7-12(13)15-14(16(22)19-4)11(3)20-17(18)21-15/h5-8,10H,9H2,1-4H3,(H,19,22)(H2,18,20,21). The van der Waals surface area contributed by atoms with Crippen molar-refractivity contribution in [2.24, 2.45) is 5.92 Å². The van der Waals surface area contributed by atoms with E-state index in [9.17, 15) is 4.79 Å². The number of benzene rings is 1. The highest BCUT2D eigenvalue weighted by molar-refractivity contribution is 6.01. The minimum atomic E-state index is -0.254. The Labute approximate surface area is 136 Å². The lowest BCUT2D eigenvalue weighted by atomic mass is 10.0. The van der Waals surface area contributed by atoms with Crippen molar-refractivity contribution in [3.63, 3.8) is 0 Å². The van der Waals surface area contributed by atoms with Crippen molar-refractivity contribution in [2.45, 2.75) is 20.8 Å². The van der Waals surface area contributed by atoms with Crippen molar-refractivity contribution in [1.29, 1.82) is 0 Å². The van der Waals surface area contributed by atoms with Gasteiger partial charge < -0.3 is 15.8 Å². The molecule has 122 valence electrons. The normalized spacial score (nSPS) is 10.7. The summed E-state index contributed by atoms with van der Waals surface area (Å²) in [6, 6.07) is 7.48. The summed E-state index contributed by atoms with van der Waals surface area (Å²) in [5.41, 5.74) is 7.93. The summed E-state index contributed by atoms with van der Waals surface area (Å²) >= 11 is 0. The number of hydrogen-bond donors (Lipinski definition) is 2. The van der Waals surface area contributed by atoms with Gasteiger partial charge in [-0.1, -0.05) is 26.0 Å². The Kier molecular flexibility index (Phi) is 5.16. The smallest absolute Gasteiger partial charge is 0.255 e. The molecule has 0 saturated carbocycles. The van der Waals surface area contributed by atoms with Crippen LogP contribution in [0.1, 0.15) is 29.9 Å². The van der Waals surface area contributed by atoms with Crippen molar-refractivity contribution in [3.8, 4) is 17.0 Å². The molecule has 0 aliphatic rings. The Morgan fingerprint density at radius 1 is 1.30 bits per heavy atom. The number of nitrogens with two attached hydrogens (primary N) is 1. The van der Waals surface area contributed by atoms with Gasteiger partial charge in [0.1, 0.15) is 5.75 Å². The Morgan fingerprint density at radius 2 is 2.00 bits per heavy atom. The van der Waals surface area contributed by atoms with Crippen molar-refractivity contribution in [3.05, 3.63) is 35.5 Å². The molecule has 1 aromatic carbocycles. The third kappa shape index (κ3) is 3.77. The Morgan fingerprint density at radius 3 is 2.65 bits per heavy atom. The van der Waals surface area contributed by atoms with Crippen LogP contribution >= 0.6 is 0 Å². The van der Waals surface area contributed by atoms with Crippen molar-refractivity contribution in [2.75, 3.05) is 19.4 Å². The van der Waals surface area contributed by atoms with Gasteiger partial charge in [-0.2, -0.15) is 0 Å². The number of carbonyl (C=O) groups is 1. The molecule has 0 aliphatic carbocycles. The minimum absolute atomic E-state index is 0.129. The van der Waals surface area contributed by atoms with E-state index in [1.807, 2.05) is 24.3 Å². The van der Waals surface area contributed by atoms with Gasteiger partial charge in [-0.25, -0.2) is 9.97 Å². The molecule has 6 heteroatoms. The Hall–Kier alpha value is -2.63. The van der Waals surface area contributed by atoms with Crippen LogP contribution in [0.25, 0.3) is 11.3 Å². The van der Waals surface area contributed by atoms with Gasteiger partial charge >= 0.3 is 0 Å². The van der Waals surface area contributed by atoms with Crippen molar-refractivity contribution in [1.82, 2.24) is 15.3 Å². The highest BCUT2D eigenvalue weighted by Crippen LogP contribution is 2.32. The average Bonchev–Trinajstić information content (AvgIpc) is 2.51. The summed E-state index contributed by atoms with van der Waals surface area (Å²) in [6.45, 7) is 6.46. The second-order valence-corrected chi connectivity index (χ2v) is 5.67. The molecule has 0 spiro atoms. The lowest BCUT2D eigenvalue weighted by Crippen LogP contribution is -2.22. The summed E-state index contributed by atoms with van der Waals surface area (Å²) in [7, 11) is 1.57. The molecule has 1 heterocycles. The molecule has 0 saturated heterocycles. The number of anilines is 1. The maximum Gasteiger partial charge on any atom is 0.255 e. The van der Waals surface area contributed by atoms with Gasteiger partial charge in [-0.3, -0.25) is 4.79 Å². The lowest BCUT2D eigenvalue weighted by Gasteiger charge is -2.16. The van der Waals surface area contributed by atoms with Gasteiger partial charge in [0.2, 0.25) is 5.95 Å². The Bertz CT molecular complexity index is 714. The number of ether oxygens (including phenoxy) is 1. The number of hydrogen-bond acceptors (Lipinski definition) is 5. The van der Waals surface area contributed by atoms with E-state index in [-0.39, 0.29) is 11.9 Å². The fourth-order valence-electron chi connectivity index (χ4n) is 2.23. The maximum atomic E-state index is 12.2. The van der Waals surface area contributed by atoms with E-state index < -0.39 is 0 Å². The number of aryl methyl sites for hydroxylation is 1. The molecule has 0 bridgehead atoms. The second-order valence-electron chi connectivity index (χ2n) is 5.67. The topological polar surface area (TPSA) is 90.1 Å². The summed E-state index contributed by atoms with van der Waals surface area (Å²) in [5.74, 6) is 0.933. The SMILES string of the molecule is CNC(=O)c1c(C)nc(N)nc1-c1ccccc1OCC(C)C. The van der Waals surface area contributed by atoms with Gasteiger partial charge in [0, 0.05) is 12.6 Å². The number of carbonyl (C=O) groups excluding carboxylic acids is 1. The number of amides is 1. The number of nitrogen functional groups attached to an aromatic ring is 1. The van der Waals surface area contributed by atoms with E-state index in [1.54, 1.807) is 14.0 Å². The summed E-state index contributed by atoms with van der Waals surface area (Å²) in [4.78, 5) is 20.6. The number of para-hydroxylation sites is 1. The molecule has 1 amide bonds. The molecule has 0 radical (unpaired) electrons. The predicted molar refractivity (Wildman–Crippen MR) is 90.3 cm³/mol. The van der Waals surface area contributed by atoms with Crippen LogP contribution in [0.4, 0.5) is 5.95 Å². The van der Waals surface area contributed by atoms with Crippen LogP contribution in [0.15, 0.2) is 24.3 Å². The summed E-state index contributed by atoms with van der Waals surface area (Å²) in [6.07, 6.45) is 0. The fraction of sp³-hybridized carbons (Fsp3) is 0.353. The van der Waals surface area contributed by atoms with E-state index in [2.05, 4.69) is 29.1 Å². The first-order valence-corrected chi connectivity index (χ1v) is 7.52. The average molecular weight is 314 g/mol. The fourth-order valence-corrected chi connectivity index (χ4v) is 2.23. The molecular formula is C17H22N4O2. The highest BCUT2D eigenvalue weighted by atomic mass is 16.5. The van der Waals surface area contributed by atoms with Crippen LogP contribution < -0.4 is 15.8 Å². The molecule has 0 atom stereocenters. The molecule has 0 fully saturated rings. The first kappa shape index (κ1) is 16.7. The zero-order valence-electron chi connectivity index (χ0n) is 13.9. The van der Waals surface area contributed by atoms with Crippen molar-refractivity contribution >= 4 is 11.9 Å². The van der Waals surface area contributed by atoms with Gasteiger partial charge in [-0.15, -0.1) is 0 Å². The molecule has 0 unspecified atom stereocenters. The van der Waals surface area contributed by atoms with Crippen molar-refractivity contribution < 1.29 is 9.53 Å². The molecule has 23 heavy (non-hydrogen) atoms. The lowest BCUT2D eigenvalue weighted by molar-refractivity contribution is 0.0962. The maximum absolute atomic E-state index is 12.2. The van der Waals surface area contributed by atoms with E-state index in [1.165, 1.54) is 0 Å². The Balaban J connectivity index is 2.60. The minimum Gasteiger partial charge on any atom is -0.493 e. The van der Waals surface area contributed by atoms with Gasteiger partial charge in [0.15, 0.2) is 0 Å². The quantitative estimate of drug-likeness (QED) is 0.884. The van der Waals surface area contributed by atoms with Gasteiger partial charge in [0.25, 0.3) is 5.91 Å². The first-order chi connectivity index (χ1) is 10.9. The molecule has 2 aromatic rings. The largest absolute Gasteiger partial charge is 0.493 e. The third-order valence-electron chi connectivity index (χ3n) is 3.28. The van der Waals surface area contributed by atoms with Crippen LogP contribution in [0.3, 0.4) is 0 Å². The monoisotopic (exact) mass is 314 g/mol. The molecular weight excluding hydrogens is 292 g/mol. The molecule has 3 N–H and O–H groups in total. The summed E-state index contributed by atoms with van der Waals surface area (Å²) in [5, 5.41) is 2.62. The predicted octanol–water partition coefficient (Wildman–Crippen LogP) is 2.43. The van der Waals surface area contributed by atoms with E-state index in [0.29, 0.717) is 35.2 Å². The molecule has 2 rings (SSSR count). The zero-order valence-corrected chi connectivity index (χ0v) is 13.9. The number of aromatic nitrogens is 2. The van der Waals surface area contributed by atoms with Gasteiger partial charge in [0.05, 0.1) is 23.6 Å². The summed E-state index contributed by atoms with van der Waals surface area (Å²) < 4.78 is 5.87. The van der Waals surface area contributed by atoms with Crippen LogP contribution in [0, 0.1) is 12.8 Å². The van der Waals surface area contributed by atoms with Gasteiger partial charge in [-0.05, 0) is 25.0 Å². The number of nitrogens with zero attached hydrogens (tertiary/aromatic N) is 2. The van der Waals surface area contributed by atoms with Crippen LogP contribution in [0.5, 0.6) is 5.75 Å². The highest BCUT2D eigenvalue weighted by Gasteiger charge is 2.21. The second kappa shape index (κ2) is 7.09. The zero-order chi connectivity index (χ0) is 17.0.